The van der Waals surface area contributed by atoms with Crippen molar-refractivity contribution in [2.75, 3.05) is 33.3 Å². The van der Waals surface area contributed by atoms with Crippen molar-refractivity contribution in [3.8, 4) is 17.0 Å². The maximum absolute atomic E-state index is 12.1. The lowest BCUT2D eigenvalue weighted by molar-refractivity contribution is -0.139. The molecule has 0 aliphatic carbocycles. The molecule has 0 bridgehead atoms. The van der Waals surface area contributed by atoms with Crippen LogP contribution in [-0.2, 0) is 4.79 Å². The summed E-state index contributed by atoms with van der Waals surface area (Å²) in [6.07, 6.45) is 0.894. The molecule has 3 aromatic rings. The Kier molecular flexibility index (Phi) is 6.35. The van der Waals surface area contributed by atoms with Gasteiger partial charge in [-0.15, -0.1) is 0 Å². The molecule has 2 aromatic carbocycles. The first kappa shape index (κ1) is 20.8. The summed E-state index contributed by atoms with van der Waals surface area (Å²) in [6, 6.07) is 18.3. The predicted molar refractivity (Wildman–Crippen MR) is 124 cm³/mol. The van der Waals surface area contributed by atoms with Gasteiger partial charge in [0.15, 0.2) is 0 Å². The number of hydrogen-bond acceptors (Lipinski definition) is 4. The fourth-order valence-corrected chi connectivity index (χ4v) is 4.18. The Morgan fingerprint density at radius 1 is 1.10 bits per heavy atom. The Bertz CT molecular complexity index is 1040. The summed E-state index contributed by atoms with van der Waals surface area (Å²) in [7, 11) is 1.87. The lowest BCUT2D eigenvalue weighted by Crippen LogP contribution is -2.54. The van der Waals surface area contributed by atoms with Crippen LogP contribution in [0.4, 0.5) is 0 Å². The molecule has 156 valence electrons. The van der Waals surface area contributed by atoms with Gasteiger partial charge in [-0.25, -0.2) is 4.98 Å². The van der Waals surface area contributed by atoms with E-state index in [1.165, 1.54) is 0 Å². The van der Waals surface area contributed by atoms with Crippen LogP contribution in [-0.4, -0.2) is 60.0 Å². The van der Waals surface area contributed by atoms with Crippen LogP contribution in [0.5, 0.6) is 5.75 Å². The number of hydrogen-bond donors (Lipinski definition) is 0. The summed E-state index contributed by atoms with van der Waals surface area (Å²) in [4.78, 5) is 20.9. The summed E-state index contributed by atoms with van der Waals surface area (Å²) < 4.78 is 6.96. The second-order valence-corrected chi connectivity index (χ2v) is 8.65. The van der Waals surface area contributed by atoms with Crippen LogP contribution in [0, 0.1) is 0 Å². The molecule has 30 heavy (non-hydrogen) atoms. The molecular weight excluding hydrogens is 442 g/mol. The Morgan fingerprint density at radius 3 is 2.70 bits per heavy atom. The van der Waals surface area contributed by atoms with E-state index in [-0.39, 0.29) is 11.9 Å². The summed E-state index contributed by atoms with van der Waals surface area (Å²) in [5.74, 6) is 1.05. The molecule has 4 rings (SSSR count). The molecule has 1 atom stereocenters. The highest BCUT2D eigenvalue weighted by Gasteiger charge is 2.28. The van der Waals surface area contributed by atoms with Crippen molar-refractivity contribution in [3.05, 3.63) is 59.1 Å². The molecule has 2 heterocycles. The van der Waals surface area contributed by atoms with E-state index >= 15 is 0 Å². The number of benzene rings is 2. The Labute approximate surface area is 185 Å². The summed E-state index contributed by atoms with van der Waals surface area (Å²) >= 11 is 3.50. The quantitative estimate of drug-likeness (QED) is 0.497. The average Bonchev–Trinajstić information content (AvgIpc) is 2.76. The van der Waals surface area contributed by atoms with Crippen molar-refractivity contribution < 1.29 is 9.53 Å². The molecule has 1 aliphatic rings. The number of halogens is 1. The second kappa shape index (κ2) is 9.14. The van der Waals surface area contributed by atoms with E-state index in [0.717, 1.165) is 58.4 Å². The molecule has 0 unspecified atom stereocenters. The standard InChI is InChI=1S/C24H26BrN3O2/c1-17-24(29)27(2)13-14-28(17)12-3-15-30-21-8-4-18(5-9-21)22-10-6-19-16-20(25)7-11-23(19)26-22/h4-11,16-17H,3,12-15H2,1-2H3/t17-/m1/s1. The third-order valence-corrected chi connectivity index (χ3v) is 6.16. The third kappa shape index (κ3) is 4.65. The van der Waals surface area contributed by atoms with Crippen LogP contribution in [0.25, 0.3) is 22.2 Å². The van der Waals surface area contributed by atoms with E-state index < -0.39 is 0 Å². The first-order valence-electron chi connectivity index (χ1n) is 10.3. The van der Waals surface area contributed by atoms with Crippen LogP contribution < -0.4 is 4.74 Å². The van der Waals surface area contributed by atoms with Gasteiger partial charge >= 0.3 is 0 Å². The molecule has 1 saturated heterocycles. The topological polar surface area (TPSA) is 45.7 Å². The van der Waals surface area contributed by atoms with E-state index in [1.807, 2.05) is 61.3 Å². The van der Waals surface area contributed by atoms with Crippen molar-refractivity contribution in [2.24, 2.45) is 0 Å². The monoisotopic (exact) mass is 467 g/mol. The van der Waals surface area contributed by atoms with Gasteiger partial charge in [0.25, 0.3) is 0 Å². The zero-order valence-corrected chi connectivity index (χ0v) is 18.9. The molecule has 0 radical (unpaired) electrons. The number of piperazine rings is 1. The van der Waals surface area contributed by atoms with E-state index in [4.69, 9.17) is 9.72 Å². The van der Waals surface area contributed by atoms with Gasteiger partial charge in [-0.05, 0) is 61.9 Å². The minimum atomic E-state index is -0.0430. The number of amides is 1. The second-order valence-electron chi connectivity index (χ2n) is 7.73. The number of ether oxygens (including phenoxy) is 1. The maximum Gasteiger partial charge on any atom is 0.239 e. The minimum Gasteiger partial charge on any atom is -0.494 e. The predicted octanol–water partition coefficient (Wildman–Crippen LogP) is 4.60. The highest BCUT2D eigenvalue weighted by Crippen LogP contribution is 2.25. The molecule has 6 heteroatoms. The number of carbonyl (C=O) groups excluding carboxylic acids is 1. The number of aromatic nitrogens is 1. The first-order chi connectivity index (χ1) is 14.5. The molecule has 0 spiro atoms. The molecule has 1 amide bonds. The number of nitrogens with zero attached hydrogens (tertiary/aromatic N) is 3. The fraction of sp³-hybridized carbons (Fsp3) is 0.333. The van der Waals surface area contributed by atoms with Gasteiger partial charge < -0.3 is 9.64 Å². The minimum absolute atomic E-state index is 0.0430. The Hall–Kier alpha value is -2.44. The lowest BCUT2D eigenvalue weighted by atomic mass is 10.1. The smallest absolute Gasteiger partial charge is 0.239 e. The van der Waals surface area contributed by atoms with Crippen LogP contribution in [0.2, 0.25) is 0 Å². The van der Waals surface area contributed by atoms with Crippen molar-refractivity contribution in [2.45, 2.75) is 19.4 Å². The van der Waals surface area contributed by atoms with E-state index in [2.05, 4.69) is 33.0 Å². The largest absolute Gasteiger partial charge is 0.494 e. The normalized spacial score (nSPS) is 17.5. The van der Waals surface area contributed by atoms with Crippen molar-refractivity contribution >= 4 is 32.7 Å². The van der Waals surface area contributed by atoms with Crippen LogP contribution >= 0.6 is 15.9 Å². The van der Waals surface area contributed by atoms with Gasteiger partial charge in [0, 0.05) is 42.1 Å². The fourth-order valence-electron chi connectivity index (χ4n) is 3.80. The van der Waals surface area contributed by atoms with Crippen LogP contribution in [0.1, 0.15) is 13.3 Å². The number of pyridine rings is 1. The number of fused-ring (bicyclic) bond motifs is 1. The molecule has 0 saturated carbocycles. The van der Waals surface area contributed by atoms with Gasteiger partial charge in [0.1, 0.15) is 5.75 Å². The van der Waals surface area contributed by atoms with Gasteiger partial charge in [0.05, 0.1) is 23.9 Å². The first-order valence-corrected chi connectivity index (χ1v) is 11.1. The average molecular weight is 468 g/mol. The summed E-state index contributed by atoms with van der Waals surface area (Å²) in [5.41, 5.74) is 3.00. The van der Waals surface area contributed by atoms with Crippen molar-refractivity contribution in [3.63, 3.8) is 0 Å². The Balaban J connectivity index is 1.31. The van der Waals surface area contributed by atoms with E-state index in [1.54, 1.807) is 0 Å². The zero-order valence-electron chi connectivity index (χ0n) is 17.3. The van der Waals surface area contributed by atoms with Crippen molar-refractivity contribution in [1.29, 1.82) is 0 Å². The maximum atomic E-state index is 12.1. The number of carbonyl (C=O) groups is 1. The highest BCUT2D eigenvalue weighted by molar-refractivity contribution is 9.10. The van der Waals surface area contributed by atoms with Crippen LogP contribution in [0.3, 0.4) is 0 Å². The highest BCUT2D eigenvalue weighted by atomic mass is 79.9. The summed E-state index contributed by atoms with van der Waals surface area (Å²) in [5, 5.41) is 1.12. The van der Waals surface area contributed by atoms with Gasteiger partial charge in [0.2, 0.25) is 5.91 Å². The van der Waals surface area contributed by atoms with Gasteiger partial charge in [-0.2, -0.15) is 0 Å². The summed E-state index contributed by atoms with van der Waals surface area (Å²) in [6.45, 7) is 5.21. The molecule has 0 N–H and O–H groups in total. The SMILES string of the molecule is C[C@@H]1C(=O)N(C)CCN1CCCOc1ccc(-c2ccc3cc(Br)ccc3n2)cc1. The van der Waals surface area contributed by atoms with Gasteiger partial charge in [-0.1, -0.05) is 22.0 Å². The van der Waals surface area contributed by atoms with Gasteiger partial charge in [-0.3, -0.25) is 9.69 Å². The third-order valence-electron chi connectivity index (χ3n) is 5.66. The molecular formula is C24H26BrN3O2. The molecule has 1 aliphatic heterocycles. The number of likely N-dealkylation sites (N-methyl/N-ethyl adjacent to an activating group) is 1. The Morgan fingerprint density at radius 2 is 1.90 bits per heavy atom. The lowest BCUT2D eigenvalue weighted by Gasteiger charge is -2.37. The van der Waals surface area contributed by atoms with Crippen molar-refractivity contribution in [1.82, 2.24) is 14.8 Å². The van der Waals surface area contributed by atoms with Crippen LogP contribution in [0.15, 0.2) is 59.1 Å². The zero-order chi connectivity index (χ0) is 21.1. The van der Waals surface area contributed by atoms with E-state index in [0.29, 0.717) is 6.61 Å². The number of rotatable bonds is 6. The molecule has 5 nitrogen and oxygen atoms in total. The molecule has 1 aromatic heterocycles. The van der Waals surface area contributed by atoms with E-state index in [9.17, 15) is 4.79 Å². The molecule has 1 fully saturated rings.